The van der Waals surface area contributed by atoms with Gasteiger partial charge in [0, 0.05) is 12.6 Å². The Labute approximate surface area is 180 Å². The van der Waals surface area contributed by atoms with E-state index in [2.05, 4.69) is 78.2 Å². The van der Waals surface area contributed by atoms with E-state index in [1.807, 2.05) is 12.1 Å². The summed E-state index contributed by atoms with van der Waals surface area (Å²) in [5.74, 6) is 0.910. The van der Waals surface area contributed by atoms with E-state index >= 15 is 0 Å². The van der Waals surface area contributed by atoms with Gasteiger partial charge in [-0.1, -0.05) is 60.7 Å². The lowest BCUT2D eigenvalue weighted by Crippen LogP contribution is -2.39. The molecule has 156 valence electrons. The van der Waals surface area contributed by atoms with Crippen LogP contribution in [0.3, 0.4) is 0 Å². The van der Waals surface area contributed by atoms with Crippen LogP contribution in [0.4, 0.5) is 0 Å². The maximum atomic E-state index is 5.24. The zero-order valence-corrected chi connectivity index (χ0v) is 18.0. The number of nitrogens with one attached hydrogen (secondary N) is 2. The number of fused-ring (bicyclic) bond motifs is 2. The Morgan fingerprint density at radius 2 is 1.47 bits per heavy atom. The first-order chi connectivity index (χ1) is 14.7. The van der Waals surface area contributed by atoms with E-state index in [9.17, 15) is 0 Å². The minimum atomic E-state index is 0.255. The maximum Gasteiger partial charge on any atom is 0.118 e. The molecule has 1 unspecified atom stereocenters. The van der Waals surface area contributed by atoms with Crippen molar-refractivity contribution in [3.63, 3.8) is 0 Å². The van der Waals surface area contributed by atoms with E-state index in [0.29, 0.717) is 6.04 Å². The molecule has 1 aliphatic rings. The first kappa shape index (κ1) is 20.6. The monoisotopic (exact) mass is 400 g/mol. The van der Waals surface area contributed by atoms with Crippen LogP contribution >= 0.6 is 0 Å². The standard InChI is InChI=1S/C27H32N2O/c1-20(28-18-17-21-11-15-24(30-2)16-12-21)19-29-27-25-9-5-3-7-22(25)13-14-23-8-4-6-10-26(23)27/h3-12,15-16,20,27-29H,13-14,17-19H2,1-2H3. The summed E-state index contributed by atoms with van der Waals surface area (Å²) in [7, 11) is 1.70. The molecule has 1 aliphatic carbocycles. The molecule has 1 atom stereocenters. The molecule has 4 rings (SSSR count). The van der Waals surface area contributed by atoms with Crippen LogP contribution in [0.15, 0.2) is 72.8 Å². The Hall–Kier alpha value is -2.62. The first-order valence-corrected chi connectivity index (χ1v) is 11.0. The minimum absolute atomic E-state index is 0.255. The summed E-state index contributed by atoms with van der Waals surface area (Å²) in [6.07, 6.45) is 3.24. The fraction of sp³-hybridized carbons (Fsp3) is 0.333. The van der Waals surface area contributed by atoms with Crippen LogP contribution in [-0.4, -0.2) is 26.2 Å². The molecule has 0 spiro atoms. The number of benzene rings is 3. The highest BCUT2D eigenvalue weighted by molar-refractivity contribution is 5.44. The fourth-order valence-corrected chi connectivity index (χ4v) is 4.37. The summed E-state index contributed by atoms with van der Waals surface area (Å²) >= 11 is 0. The van der Waals surface area contributed by atoms with Gasteiger partial charge in [-0.3, -0.25) is 0 Å². The van der Waals surface area contributed by atoms with Crippen LogP contribution in [0.1, 0.15) is 40.8 Å². The third-order valence-electron chi connectivity index (χ3n) is 6.09. The van der Waals surface area contributed by atoms with Crippen LogP contribution in [-0.2, 0) is 19.3 Å². The molecule has 0 radical (unpaired) electrons. The number of hydrogen-bond acceptors (Lipinski definition) is 3. The predicted molar refractivity (Wildman–Crippen MR) is 124 cm³/mol. The lowest BCUT2D eigenvalue weighted by molar-refractivity contribution is 0.414. The summed E-state index contributed by atoms with van der Waals surface area (Å²) < 4.78 is 5.24. The highest BCUT2D eigenvalue weighted by atomic mass is 16.5. The normalized spacial score (nSPS) is 14.5. The quantitative estimate of drug-likeness (QED) is 0.575. The summed E-state index contributed by atoms with van der Waals surface area (Å²) in [5.41, 5.74) is 7.11. The summed E-state index contributed by atoms with van der Waals surface area (Å²) in [6, 6.07) is 26.8. The van der Waals surface area contributed by atoms with Gasteiger partial charge in [0.1, 0.15) is 5.75 Å². The second-order valence-corrected chi connectivity index (χ2v) is 8.19. The van der Waals surface area contributed by atoms with Gasteiger partial charge in [-0.25, -0.2) is 0 Å². The molecule has 0 heterocycles. The Morgan fingerprint density at radius 1 is 0.867 bits per heavy atom. The fourth-order valence-electron chi connectivity index (χ4n) is 4.37. The molecule has 0 bridgehead atoms. The van der Waals surface area contributed by atoms with Crippen molar-refractivity contribution in [3.8, 4) is 5.75 Å². The molecule has 3 nitrogen and oxygen atoms in total. The van der Waals surface area contributed by atoms with Gasteiger partial charge < -0.3 is 15.4 Å². The number of ether oxygens (including phenoxy) is 1. The van der Waals surface area contributed by atoms with E-state index in [0.717, 1.165) is 38.1 Å². The van der Waals surface area contributed by atoms with Crippen molar-refractivity contribution in [3.05, 3.63) is 101 Å². The van der Waals surface area contributed by atoms with E-state index in [4.69, 9.17) is 4.74 Å². The van der Waals surface area contributed by atoms with Gasteiger partial charge in [-0.15, -0.1) is 0 Å². The molecule has 0 aromatic heterocycles. The molecule has 0 aliphatic heterocycles. The maximum absolute atomic E-state index is 5.24. The third-order valence-corrected chi connectivity index (χ3v) is 6.09. The van der Waals surface area contributed by atoms with Crippen LogP contribution in [0.5, 0.6) is 5.75 Å². The highest BCUT2D eigenvalue weighted by Crippen LogP contribution is 2.32. The van der Waals surface area contributed by atoms with Crippen molar-refractivity contribution >= 4 is 0 Å². The average Bonchev–Trinajstić information content (AvgIpc) is 2.95. The molecule has 3 aromatic rings. The van der Waals surface area contributed by atoms with Gasteiger partial charge in [0.15, 0.2) is 0 Å². The highest BCUT2D eigenvalue weighted by Gasteiger charge is 2.23. The molecule has 3 aromatic carbocycles. The minimum Gasteiger partial charge on any atom is -0.497 e. The topological polar surface area (TPSA) is 33.3 Å². The second-order valence-electron chi connectivity index (χ2n) is 8.19. The number of methoxy groups -OCH3 is 1. The van der Waals surface area contributed by atoms with Crippen molar-refractivity contribution in [2.75, 3.05) is 20.2 Å². The summed E-state index contributed by atoms with van der Waals surface area (Å²) in [4.78, 5) is 0. The van der Waals surface area contributed by atoms with Crippen molar-refractivity contribution in [1.29, 1.82) is 0 Å². The molecule has 2 N–H and O–H groups in total. The van der Waals surface area contributed by atoms with Gasteiger partial charge >= 0.3 is 0 Å². The largest absolute Gasteiger partial charge is 0.497 e. The lowest BCUT2D eigenvalue weighted by atomic mass is 9.94. The molecule has 0 saturated heterocycles. The Morgan fingerprint density at radius 3 is 2.07 bits per heavy atom. The van der Waals surface area contributed by atoms with E-state index in [1.54, 1.807) is 7.11 Å². The third kappa shape index (κ3) is 4.92. The van der Waals surface area contributed by atoms with Crippen molar-refractivity contribution in [2.45, 2.75) is 38.3 Å². The van der Waals surface area contributed by atoms with Crippen LogP contribution in [0.25, 0.3) is 0 Å². The van der Waals surface area contributed by atoms with Gasteiger partial charge in [0.2, 0.25) is 0 Å². The van der Waals surface area contributed by atoms with E-state index in [-0.39, 0.29) is 6.04 Å². The molecule has 30 heavy (non-hydrogen) atoms. The van der Waals surface area contributed by atoms with Gasteiger partial charge in [0.25, 0.3) is 0 Å². The van der Waals surface area contributed by atoms with Crippen LogP contribution < -0.4 is 15.4 Å². The van der Waals surface area contributed by atoms with E-state index in [1.165, 1.54) is 27.8 Å². The van der Waals surface area contributed by atoms with Gasteiger partial charge in [-0.05, 0) is 72.7 Å². The van der Waals surface area contributed by atoms with Crippen molar-refractivity contribution in [1.82, 2.24) is 10.6 Å². The molecule has 3 heteroatoms. The molecule has 0 saturated carbocycles. The molecule has 0 fully saturated rings. The number of rotatable bonds is 8. The zero-order chi connectivity index (χ0) is 20.8. The number of hydrogen-bond donors (Lipinski definition) is 2. The van der Waals surface area contributed by atoms with Gasteiger partial charge in [0.05, 0.1) is 13.2 Å². The lowest BCUT2D eigenvalue weighted by Gasteiger charge is -2.24. The molecular formula is C27H32N2O. The smallest absolute Gasteiger partial charge is 0.118 e. The van der Waals surface area contributed by atoms with Crippen molar-refractivity contribution < 1.29 is 4.74 Å². The summed E-state index contributed by atoms with van der Waals surface area (Å²) in [5, 5.41) is 7.53. The molecular weight excluding hydrogens is 368 g/mol. The second kappa shape index (κ2) is 9.92. The predicted octanol–water partition coefficient (Wildman–Crippen LogP) is 4.69. The Bertz CT molecular complexity index is 904. The van der Waals surface area contributed by atoms with Crippen molar-refractivity contribution in [2.24, 2.45) is 0 Å². The Kier molecular flexibility index (Phi) is 6.83. The van der Waals surface area contributed by atoms with Gasteiger partial charge in [-0.2, -0.15) is 0 Å². The SMILES string of the molecule is COc1ccc(CCNC(C)CNC2c3ccccc3CCc3ccccc32)cc1. The van der Waals surface area contributed by atoms with E-state index < -0.39 is 0 Å². The zero-order valence-electron chi connectivity index (χ0n) is 18.0. The van der Waals surface area contributed by atoms with Crippen LogP contribution in [0, 0.1) is 0 Å². The Balaban J connectivity index is 1.36. The first-order valence-electron chi connectivity index (χ1n) is 11.0. The molecule has 0 amide bonds. The summed E-state index contributed by atoms with van der Waals surface area (Å²) in [6.45, 7) is 4.15. The number of aryl methyl sites for hydroxylation is 2. The average molecular weight is 401 g/mol. The van der Waals surface area contributed by atoms with Crippen LogP contribution in [0.2, 0.25) is 0 Å².